The number of ether oxygens (including phenoxy) is 1. The zero-order valence-corrected chi connectivity index (χ0v) is 18.5. The highest BCUT2D eigenvalue weighted by atomic mass is 16.5. The summed E-state index contributed by atoms with van der Waals surface area (Å²) < 4.78 is 5.88. The second-order valence-corrected chi connectivity index (χ2v) is 8.17. The Labute approximate surface area is 189 Å². The van der Waals surface area contributed by atoms with Crippen LogP contribution in [-0.4, -0.2) is 49.0 Å². The SMILES string of the molecule is CN1CCN(c2ccc(COc3ccc(CNC(=O)Cc4ccccc4)nc3)cc2)CC1. The average molecular weight is 431 g/mol. The fourth-order valence-corrected chi connectivity index (χ4v) is 3.67. The van der Waals surface area contributed by atoms with Crippen molar-refractivity contribution in [3.05, 3.63) is 89.7 Å². The molecule has 4 rings (SSSR count). The summed E-state index contributed by atoms with van der Waals surface area (Å²) in [4.78, 5) is 21.3. The van der Waals surface area contributed by atoms with E-state index in [1.807, 2.05) is 42.5 Å². The Morgan fingerprint density at radius 1 is 0.938 bits per heavy atom. The molecule has 0 spiro atoms. The van der Waals surface area contributed by atoms with Gasteiger partial charge in [-0.15, -0.1) is 0 Å². The molecule has 166 valence electrons. The van der Waals surface area contributed by atoms with Crippen LogP contribution in [0.1, 0.15) is 16.8 Å². The van der Waals surface area contributed by atoms with E-state index < -0.39 is 0 Å². The Kier molecular flexibility index (Phi) is 7.35. The highest BCUT2D eigenvalue weighted by Crippen LogP contribution is 2.18. The largest absolute Gasteiger partial charge is 0.487 e. The number of hydrogen-bond acceptors (Lipinski definition) is 5. The standard InChI is InChI=1S/C26H30N4O2/c1-29-13-15-30(16-14-29)24-10-7-22(8-11-24)20-32-25-12-9-23(27-19-25)18-28-26(31)17-21-5-3-2-4-6-21/h2-12,19H,13-18,20H2,1H3,(H,28,31). The molecule has 1 saturated heterocycles. The summed E-state index contributed by atoms with van der Waals surface area (Å²) in [5.41, 5.74) is 4.19. The molecule has 6 nitrogen and oxygen atoms in total. The number of likely N-dealkylation sites (N-methyl/N-ethyl adjacent to an activating group) is 1. The normalized spacial score (nSPS) is 14.2. The van der Waals surface area contributed by atoms with Crippen LogP contribution >= 0.6 is 0 Å². The van der Waals surface area contributed by atoms with Crippen molar-refractivity contribution in [3.8, 4) is 5.75 Å². The molecule has 1 N–H and O–H groups in total. The highest BCUT2D eigenvalue weighted by molar-refractivity contribution is 5.78. The van der Waals surface area contributed by atoms with Crippen molar-refractivity contribution in [3.63, 3.8) is 0 Å². The maximum absolute atomic E-state index is 12.1. The first kappa shape index (κ1) is 21.8. The summed E-state index contributed by atoms with van der Waals surface area (Å²) in [5, 5.41) is 2.91. The van der Waals surface area contributed by atoms with E-state index in [9.17, 15) is 4.79 Å². The zero-order valence-electron chi connectivity index (χ0n) is 18.5. The maximum Gasteiger partial charge on any atom is 0.224 e. The first-order valence-electron chi connectivity index (χ1n) is 11.1. The summed E-state index contributed by atoms with van der Waals surface area (Å²) >= 11 is 0. The Bertz CT molecular complexity index is 983. The van der Waals surface area contributed by atoms with Crippen LogP contribution in [-0.2, 0) is 24.4 Å². The number of carbonyl (C=O) groups is 1. The second-order valence-electron chi connectivity index (χ2n) is 8.17. The van der Waals surface area contributed by atoms with Gasteiger partial charge in [-0.3, -0.25) is 9.78 Å². The van der Waals surface area contributed by atoms with Crippen LogP contribution in [0.25, 0.3) is 0 Å². The van der Waals surface area contributed by atoms with E-state index in [1.165, 1.54) is 5.69 Å². The van der Waals surface area contributed by atoms with Gasteiger partial charge in [-0.05, 0) is 42.4 Å². The first-order valence-corrected chi connectivity index (χ1v) is 11.1. The minimum absolute atomic E-state index is 0.0154. The van der Waals surface area contributed by atoms with Crippen LogP contribution in [0.3, 0.4) is 0 Å². The number of aromatic nitrogens is 1. The summed E-state index contributed by atoms with van der Waals surface area (Å²) in [5.74, 6) is 0.700. The van der Waals surface area contributed by atoms with Gasteiger partial charge in [-0.1, -0.05) is 42.5 Å². The quantitative estimate of drug-likeness (QED) is 0.594. The van der Waals surface area contributed by atoms with Gasteiger partial charge < -0.3 is 19.9 Å². The molecule has 1 aromatic heterocycles. The van der Waals surface area contributed by atoms with E-state index in [1.54, 1.807) is 6.20 Å². The molecule has 0 aliphatic carbocycles. The predicted octanol–water partition coefficient (Wildman–Crippen LogP) is 3.27. The fourth-order valence-electron chi connectivity index (χ4n) is 3.67. The molecule has 2 aromatic carbocycles. The van der Waals surface area contributed by atoms with E-state index in [2.05, 4.69) is 51.4 Å². The number of nitrogens with zero attached hydrogens (tertiary/aromatic N) is 3. The molecule has 0 saturated carbocycles. The van der Waals surface area contributed by atoms with Gasteiger partial charge in [0.05, 0.1) is 24.9 Å². The van der Waals surface area contributed by atoms with E-state index >= 15 is 0 Å². The molecule has 6 heteroatoms. The molecule has 0 unspecified atom stereocenters. The van der Waals surface area contributed by atoms with E-state index in [-0.39, 0.29) is 5.91 Å². The van der Waals surface area contributed by atoms with Gasteiger partial charge in [0.25, 0.3) is 0 Å². The van der Waals surface area contributed by atoms with Crippen molar-refractivity contribution < 1.29 is 9.53 Å². The van der Waals surface area contributed by atoms with Crippen molar-refractivity contribution >= 4 is 11.6 Å². The molecule has 2 heterocycles. The fraction of sp³-hybridized carbons (Fsp3) is 0.308. The number of hydrogen-bond donors (Lipinski definition) is 1. The summed E-state index contributed by atoms with van der Waals surface area (Å²) in [6.07, 6.45) is 2.08. The zero-order chi connectivity index (χ0) is 22.2. The van der Waals surface area contributed by atoms with Crippen LogP contribution < -0.4 is 15.0 Å². The minimum atomic E-state index is -0.0154. The topological polar surface area (TPSA) is 57.7 Å². The number of rotatable bonds is 8. The third-order valence-electron chi connectivity index (χ3n) is 5.68. The van der Waals surface area contributed by atoms with Gasteiger partial charge in [0.15, 0.2) is 0 Å². The Morgan fingerprint density at radius 2 is 1.69 bits per heavy atom. The van der Waals surface area contributed by atoms with Gasteiger partial charge in [0, 0.05) is 31.9 Å². The molecule has 0 atom stereocenters. The van der Waals surface area contributed by atoms with Crippen LogP contribution in [0.2, 0.25) is 0 Å². The lowest BCUT2D eigenvalue weighted by Gasteiger charge is -2.34. The summed E-state index contributed by atoms with van der Waals surface area (Å²) in [6.45, 7) is 5.24. The van der Waals surface area contributed by atoms with Crippen LogP contribution in [0.5, 0.6) is 5.75 Å². The van der Waals surface area contributed by atoms with E-state index in [0.29, 0.717) is 25.3 Å². The third kappa shape index (κ3) is 6.31. The first-order chi connectivity index (χ1) is 15.7. The molecular weight excluding hydrogens is 400 g/mol. The second kappa shape index (κ2) is 10.8. The lowest BCUT2D eigenvalue weighted by atomic mass is 10.1. The number of amides is 1. The van der Waals surface area contributed by atoms with Crippen molar-refractivity contribution in [1.29, 1.82) is 0 Å². The van der Waals surface area contributed by atoms with Gasteiger partial charge in [0.1, 0.15) is 12.4 Å². The minimum Gasteiger partial charge on any atom is -0.487 e. The molecule has 3 aromatic rings. The predicted molar refractivity (Wildman–Crippen MR) is 127 cm³/mol. The van der Waals surface area contributed by atoms with Crippen molar-refractivity contribution in [1.82, 2.24) is 15.2 Å². The monoisotopic (exact) mass is 430 g/mol. The van der Waals surface area contributed by atoms with E-state index in [0.717, 1.165) is 43.0 Å². The van der Waals surface area contributed by atoms with Crippen molar-refractivity contribution in [2.24, 2.45) is 0 Å². The number of benzene rings is 2. The number of piperazine rings is 1. The number of nitrogens with one attached hydrogen (secondary N) is 1. The van der Waals surface area contributed by atoms with Gasteiger partial charge in [-0.2, -0.15) is 0 Å². The maximum atomic E-state index is 12.1. The molecule has 1 fully saturated rings. The molecule has 1 amide bonds. The van der Waals surface area contributed by atoms with Gasteiger partial charge >= 0.3 is 0 Å². The average Bonchev–Trinajstić information content (AvgIpc) is 2.84. The van der Waals surface area contributed by atoms with Gasteiger partial charge in [0.2, 0.25) is 5.91 Å². The Morgan fingerprint density at radius 3 is 2.38 bits per heavy atom. The van der Waals surface area contributed by atoms with Crippen molar-refractivity contribution in [2.45, 2.75) is 19.6 Å². The molecule has 1 aliphatic rings. The highest BCUT2D eigenvalue weighted by Gasteiger charge is 2.14. The van der Waals surface area contributed by atoms with Gasteiger partial charge in [-0.25, -0.2) is 0 Å². The summed E-state index contributed by atoms with van der Waals surface area (Å²) in [6, 6.07) is 22.1. The number of anilines is 1. The van der Waals surface area contributed by atoms with Crippen LogP contribution in [0.15, 0.2) is 72.9 Å². The Balaban J connectivity index is 1.21. The lowest BCUT2D eigenvalue weighted by Crippen LogP contribution is -2.44. The smallest absolute Gasteiger partial charge is 0.224 e. The van der Waals surface area contributed by atoms with Crippen LogP contribution in [0, 0.1) is 0 Å². The molecule has 1 aliphatic heterocycles. The van der Waals surface area contributed by atoms with E-state index in [4.69, 9.17) is 4.74 Å². The molecular formula is C26H30N4O2. The number of carbonyl (C=O) groups excluding carboxylic acids is 1. The van der Waals surface area contributed by atoms with Crippen molar-refractivity contribution in [2.75, 3.05) is 38.1 Å². The number of pyridine rings is 1. The van der Waals surface area contributed by atoms with Crippen LogP contribution in [0.4, 0.5) is 5.69 Å². The third-order valence-corrected chi connectivity index (χ3v) is 5.68. The Hall–Kier alpha value is -3.38. The molecule has 0 radical (unpaired) electrons. The molecule has 0 bridgehead atoms. The summed E-state index contributed by atoms with van der Waals surface area (Å²) in [7, 11) is 2.17. The lowest BCUT2D eigenvalue weighted by molar-refractivity contribution is -0.120. The molecule has 32 heavy (non-hydrogen) atoms.